The van der Waals surface area contributed by atoms with E-state index < -0.39 is 0 Å². The maximum atomic E-state index is 12.7. The smallest absolute Gasteiger partial charge is 0.259 e. The highest BCUT2D eigenvalue weighted by Gasteiger charge is 2.54. The molecule has 0 aliphatic heterocycles. The second-order valence-electron chi connectivity index (χ2n) is 7.69. The van der Waals surface area contributed by atoms with Crippen molar-refractivity contribution in [2.24, 2.45) is 28.3 Å². The van der Waals surface area contributed by atoms with E-state index in [9.17, 15) is 9.59 Å². The van der Waals surface area contributed by atoms with Crippen LogP contribution in [0.15, 0.2) is 22.6 Å². The van der Waals surface area contributed by atoms with Gasteiger partial charge >= 0.3 is 0 Å². The number of thiophene rings is 1. The van der Waals surface area contributed by atoms with Crippen LogP contribution in [-0.2, 0) is 9.59 Å². The van der Waals surface area contributed by atoms with E-state index in [0.29, 0.717) is 0 Å². The van der Waals surface area contributed by atoms with Gasteiger partial charge in [0.25, 0.3) is 5.91 Å². The van der Waals surface area contributed by atoms with Gasteiger partial charge in [0.2, 0.25) is 5.91 Å². The van der Waals surface area contributed by atoms with E-state index in [1.54, 1.807) is 17.6 Å². The highest BCUT2D eigenvalue weighted by Crippen LogP contribution is 2.60. The fraction of sp³-hybridized carbons (Fsp3) is 0.611. The summed E-state index contributed by atoms with van der Waals surface area (Å²) in [6, 6.07) is 3.86. The summed E-state index contributed by atoms with van der Waals surface area (Å²) < 4.78 is 0. The largest absolute Gasteiger partial charge is 0.346 e. The lowest BCUT2D eigenvalue weighted by Crippen LogP contribution is -2.54. The van der Waals surface area contributed by atoms with Gasteiger partial charge in [0.05, 0.1) is 12.8 Å². The molecule has 1 aromatic rings. The van der Waals surface area contributed by atoms with Gasteiger partial charge in [-0.2, -0.15) is 5.10 Å². The van der Waals surface area contributed by atoms with Crippen LogP contribution in [-0.4, -0.2) is 24.6 Å². The lowest BCUT2D eigenvalue weighted by atomic mass is 9.49. The second-order valence-corrected chi connectivity index (χ2v) is 8.67. The molecule has 1 aromatic heterocycles. The molecule has 2 N–H and O–H groups in total. The van der Waals surface area contributed by atoms with Crippen molar-refractivity contribution in [1.29, 1.82) is 0 Å². The molecular formula is C18H23N3O2S. The number of hydrogen-bond acceptors (Lipinski definition) is 4. The molecule has 4 aliphatic carbocycles. The number of amides is 2. The average Bonchev–Trinajstić information content (AvgIpc) is 3.04. The molecule has 4 saturated carbocycles. The molecular weight excluding hydrogens is 322 g/mol. The van der Waals surface area contributed by atoms with Gasteiger partial charge in [-0.15, -0.1) is 11.3 Å². The second kappa shape index (κ2) is 6.31. The third-order valence-corrected chi connectivity index (χ3v) is 6.66. The van der Waals surface area contributed by atoms with Crippen molar-refractivity contribution in [3.63, 3.8) is 0 Å². The monoisotopic (exact) mass is 345 g/mol. The molecule has 0 atom stereocenters. The van der Waals surface area contributed by atoms with Crippen molar-refractivity contribution in [2.75, 3.05) is 6.54 Å². The van der Waals surface area contributed by atoms with Crippen LogP contribution in [0.1, 0.15) is 43.4 Å². The summed E-state index contributed by atoms with van der Waals surface area (Å²) in [5.41, 5.74) is 2.27. The zero-order valence-electron chi connectivity index (χ0n) is 13.7. The summed E-state index contributed by atoms with van der Waals surface area (Å²) in [6.07, 6.45) is 8.60. The van der Waals surface area contributed by atoms with Crippen LogP contribution in [0.3, 0.4) is 0 Å². The Morgan fingerprint density at radius 1 is 1.21 bits per heavy atom. The molecule has 4 aliphatic rings. The third kappa shape index (κ3) is 3.11. The molecule has 2 amide bonds. The van der Waals surface area contributed by atoms with E-state index in [2.05, 4.69) is 15.8 Å². The van der Waals surface area contributed by atoms with E-state index in [1.165, 1.54) is 19.3 Å². The Morgan fingerprint density at radius 3 is 2.46 bits per heavy atom. The molecule has 1 heterocycles. The molecule has 24 heavy (non-hydrogen) atoms. The lowest BCUT2D eigenvalue weighted by molar-refractivity contribution is -0.147. The molecule has 0 aromatic carbocycles. The summed E-state index contributed by atoms with van der Waals surface area (Å²) in [7, 11) is 0. The van der Waals surface area contributed by atoms with Gasteiger partial charge in [-0.3, -0.25) is 9.59 Å². The first-order chi connectivity index (χ1) is 11.6. The SMILES string of the molecule is O=C(CNC(=O)C12CC3CC(CC(C3)C1)C2)N/N=C/c1cccs1. The summed E-state index contributed by atoms with van der Waals surface area (Å²) in [5, 5.41) is 8.73. The van der Waals surface area contributed by atoms with Gasteiger partial charge in [0.1, 0.15) is 0 Å². The predicted molar refractivity (Wildman–Crippen MR) is 93.7 cm³/mol. The van der Waals surface area contributed by atoms with Crippen molar-refractivity contribution in [1.82, 2.24) is 10.7 Å². The highest BCUT2D eigenvalue weighted by atomic mass is 32.1. The van der Waals surface area contributed by atoms with Crippen LogP contribution in [0.4, 0.5) is 0 Å². The van der Waals surface area contributed by atoms with Crippen molar-refractivity contribution in [2.45, 2.75) is 38.5 Å². The van der Waals surface area contributed by atoms with Gasteiger partial charge < -0.3 is 5.32 Å². The maximum absolute atomic E-state index is 12.7. The molecule has 0 radical (unpaired) electrons. The molecule has 5 nitrogen and oxygen atoms in total. The third-order valence-electron chi connectivity index (χ3n) is 5.85. The number of nitrogens with zero attached hydrogens (tertiary/aromatic N) is 1. The molecule has 5 rings (SSSR count). The fourth-order valence-electron chi connectivity index (χ4n) is 5.31. The van der Waals surface area contributed by atoms with E-state index in [4.69, 9.17) is 0 Å². The Bertz CT molecular complexity index is 618. The van der Waals surface area contributed by atoms with Gasteiger partial charge in [-0.1, -0.05) is 6.07 Å². The minimum Gasteiger partial charge on any atom is -0.346 e. The normalized spacial score (nSPS) is 33.8. The van der Waals surface area contributed by atoms with Crippen molar-refractivity contribution in [3.8, 4) is 0 Å². The van der Waals surface area contributed by atoms with E-state index in [0.717, 1.165) is 41.9 Å². The number of hydrazone groups is 1. The van der Waals surface area contributed by atoms with Gasteiger partial charge in [-0.25, -0.2) is 5.43 Å². The number of rotatable bonds is 5. The van der Waals surface area contributed by atoms with E-state index >= 15 is 0 Å². The quantitative estimate of drug-likeness (QED) is 0.636. The molecule has 6 heteroatoms. The van der Waals surface area contributed by atoms with Crippen LogP contribution in [0.5, 0.6) is 0 Å². The molecule has 0 spiro atoms. The zero-order valence-corrected chi connectivity index (χ0v) is 14.5. The number of nitrogens with one attached hydrogen (secondary N) is 2. The molecule has 4 bridgehead atoms. The van der Waals surface area contributed by atoms with Crippen LogP contribution in [0.25, 0.3) is 0 Å². The Balaban J connectivity index is 1.28. The van der Waals surface area contributed by atoms with Crippen molar-refractivity contribution >= 4 is 29.4 Å². The Kier molecular flexibility index (Phi) is 4.16. The van der Waals surface area contributed by atoms with Crippen LogP contribution in [0.2, 0.25) is 0 Å². The number of carbonyl (C=O) groups is 2. The zero-order chi connectivity index (χ0) is 16.6. The van der Waals surface area contributed by atoms with Gasteiger partial charge in [0, 0.05) is 10.3 Å². The van der Waals surface area contributed by atoms with Crippen molar-refractivity contribution < 1.29 is 9.59 Å². The summed E-state index contributed by atoms with van der Waals surface area (Å²) >= 11 is 1.55. The minimum absolute atomic E-state index is 0.00235. The van der Waals surface area contributed by atoms with Crippen molar-refractivity contribution in [3.05, 3.63) is 22.4 Å². The van der Waals surface area contributed by atoms with Gasteiger partial charge in [-0.05, 0) is 67.7 Å². The first kappa shape index (κ1) is 15.8. The first-order valence-corrected chi connectivity index (χ1v) is 9.65. The lowest BCUT2D eigenvalue weighted by Gasteiger charge is -2.55. The standard InChI is InChI=1S/C18H23N3O2S/c22-16(21-20-10-15-2-1-3-24-15)11-19-17(23)18-7-12-4-13(8-18)6-14(5-12)9-18/h1-3,10,12-14H,4-9,11H2,(H,19,23)(H,21,22)/b20-10+. The van der Waals surface area contributed by atoms with E-state index in [1.807, 2.05) is 17.5 Å². The molecule has 128 valence electrons. The minimum atomic E-state index is -0.277. The van der Waals surface area contributed by atoms with Crippen LogP contribution < -0.4 is 10.7 Å². The Labute approximate surface area is 145 Å². The summed E-state index contributed by atoms with van der Waals surface area (Å²) in [5.74, 6) is 1.99. The Morgan fingerprint density at radius 2 is 1.88 bits per heavy atom. The molecule has 0 unspecified atom stereocenters. The van der Waals surface area contributed by atoms with E-state index in [-0.39, 0.29) is 23.8 Å². The van der Waals surface area contributed by atoms with Gasteiger partial charge in [0.15, 0.2) is 0 Å². The predicted octanol–water partition coefficient (Wildman–Crippen LogP) is 2.53. The van der Waals surface area contributed by atoms with Crippen LogP contribution >= 0.6 is 11.3 Å². The first-order valence-electron chi connectivity index (χ1n) is 8.77. The molecule has 0 saturated heterocycles. The number of carbonyl (C=O) groups excluding carboxylic acids is 2. The number of hydrogen-bond donors (Lipinski definition) is 2. The maximum Gasteiger partial charge on any atom is 0.259 e. The topological polar surface area (TPSA) is 70.6 Å². The average molecular weight is 345 g/mol. The summed E-state index contributed by atoms with van der Waals surface area (Å²) in [6.45, 7) is 0.00235. The molecule has 4 fully saturated rings. The fourth-order valence-corrected chi connectivity index (χ4v) is 5.89. The summed E-state index contributed by atoms with van der Waals surface area (Å²) in [4.78, 5) is 25.6. The Hall–Kier alpha value is -1.69. The van der Waals surface area contributed by atoms with Crippen LogP contribution in [0, 0.1) is 23.2 Å². The highest BCUT2D eigenvalue weighted by molar-refractivity contribution is 7.11.